The highest BCUT2D eigenvalue weighted by Gasteiger charge is 2.45. The number of hydrogen-bond donors (Lipinski definition) is 1. The first-order valence-electron chi connectivity index (χ1n) is 12.0. The van der Waals surface area contributed by atoms with E-state index in [4.69, 9.17) is 31.5 Å². The molecule has 2 aliphatic rings. The first-order valence-corrected chi connectivity index (χ1v) is 12.0. The lowest BCUT2D eigenvalue weighted by atomic mass is 9.98. The van der Waals surface area contributed by atoms with E-state index in [0.29, 0.717) is 11.3 Å². The van der Waals surface area contributed by atoms with Gasteiger partial charge in [0.25, 0.3) is 0 Å². The molecule has 0 aliphatic carbocycles. The van der Waals surface area contributed by atoms with Gasteiger partial charge in [-0.3, -0.25) is 4.79 Å². The van der Waals surface area contributed by atoms with Crippen LogP contribution in [0.15, 0.2) is 30.1 Å². The molecular weight excluding hydrogens is 484 g/mol. The van der Waals surface area contributed by atoms with E-state index >= 15 is 4.39 Å². The van der Waals surface area contributed by atoms with Crippen LogP contribution in [-0.4, -0.2) is 75.9 Å². The standard InChI is InChI=1S/C26H33BFNO8/c1-14-10-18(28)22(30)23-19(36-26(3,4)37-23)9-7-8-16-11-17(29(5)25(27)32)12-20(34-13-33-6)21(16)24(31)35-15(14)2/h7-8,10-12,14-15,19,22-23,30H,9,13H2,1-6H3/b8-7+,18-10+/t14-,15+,19+,22-,23+/m1/s1. The Balaban J connectivity index is 2.15. The monoisotopic (exact) mass is 517 g/mol. The fourth-order valence-electron chi connectivity index (χ4n) is 4.15. The van der Waals surface area contributed by atoms with Crippen LogP contribution in [0.1, 0.15) is 50.0 Å². The zero-order valence-electron chi connectivity index (χ0n) is 21.9. The molecule has 2 radical (unpaired) electrons. The first-order chi connectivity index (χ1) is 17.3. The predicted octanol–water partition coefficient (Wildman–Crippen LogP) is 3.73. The molecule has 1 aromatic carbocycles. The Labute approximate surface area is 217 Å². The number of halogens is 1. The highest BCUT2D eigenvalue weighted by Crippen LogP contribution is 2.36. The average molecular weight is 517 g/mol. The number of benzene rings is 1. The summed E-state index contributed by atoms with van der Waals surface area (Å²) in [6.07, 6.45) is 0.816. The Bertz CT molecular complexity index is 1070. The van der Waals surface area contributed by atoms with Crippen LogP contribution in [0.25, 0.3) is 6.08 Å². The van der Waals surface area contributed by atoms with Gasteiger partial charge in [-0.05, 0) is 44.9 Å². The number of cyclic esters (lactones) is 1. The third-order valence-corrected chi connectivity index (χ3v) is 6.31. The van der Waals surface area contributed by atoms with Crippen molar-refractivity contribution in [2.24, 2.45) is 5.92 Å². The second kappa shape index (κ2) is 11.8. The van der Waals surface area contributed by atoms with E-state index in [0.717, 1.165) is 0 Å². The van der Waals surface area contributed by atoms with Crippen molar-refractivity contribution < 1.29 is 42.8 Å². The van der Waals surface area contributed by atoms with E-state index in [1.165, 1.54) is 31.2 Å². The zero-order valence-corrected chi connectivity index (χ0v) is 21.9. The van der Waals surface area contributed by atoms with Crippen molar-refractivity contribution in [2.45, 2.75) is 64.3 Å². The summed E-state index contributed by atoms with van der Waals surface area (Å²) in [5.41, 5.74) is 0.851. The summed E-state index contributed by atoms with van der Waals surface area (Å²) in [6, 6.07) is 3.08. The van der Waals surface area contributed by atoms with E-state index < -0.39 is 53.7 Å². The maximum absolute atomic E-state index is 15.0. The number of amides is 1. The minimum Gasteiger partial charge on any atom is -0.467 e. The highest BCUT2D eigenvalue weighted by atomic mass is 19.1. The Morgan fingerprint density at radius 3 is 2.65 bits per heavy atom. The van der Waals surface area contributed by atoms with Crippen molar-refractivity contribution in [3.05, 3.63) is 41.2 Å². The number of nitrogens with zero attached hydrogens (tertiary/aromatic N) is 1. The van der Waals surface area contributed by atoms with Gasteiger partial charge in [0.05, 0.1) is 6.10 Å². The Kier molecular flexibility index (Phi) is 9.17. The van der Waals surface area contributed by atoms with Crippen molar-refractivity contribution in [3.8, 4) is 5.75 Å². The Morgan fingerprint density at radius 1 is 1.30 bits per heavy atom. The van der Waals surface area contributed by atoms with Gasteiger partial charge in [0.1, 0.15) is 35.5 Å². The van der Waals surface area contributed by atoms with Crippen LogP contribution in [0.3, 0.4) is 0 Å². The fraction of sp³-hybridized carbons (Fsp3) is 0.538. The van der Waals surface area contributed by atoms with Gasteiger partial charge in [0, 0.05) is 31.8 Å². The molecule has 200 valence electrons. The van der Waals surface area contributed by atoms with Gasteiger partial charge in [-0.25, -0.2) is 9.18 Å². The molecule has 0 aromatic heterocycles. The molecule has 2 heterocycles. The van der Waals surface area contributed by atoms with Gasteiger partial charge in [0.2, 0.25) is 7.85 Å². The van der Waals surface area contributed by atoms with Crippen molar-refractivity contribution in [3.63, 3.8) is 0 Å². The molecule has 1 aromatic rings. The van der Waals surface area contributed by atoms with Gasteiger partial charge in [-0.1, -0.05) is 19.1 Å². The summed E-state index contributed by atoms with van der Waals surface area (Å²) in [5.74, 6) is -3.73. The van der Waals surface area contributed by atoms with Crippen LogP contribution in [0, 0.1) is 5.92 Å². The van der Waals surface area contributed by atoms with Gasteiger partial charge >= 0.3 is 5.97 Å². The van der Waals surface area contributed by atoms with Gasteiger partial charge in [-0.2, -0.15) is 0 Å². The summed E-state index contributed by atoms with van der Waals surface area (Å²) < 4.78 is 43.1. The second-order valence-electron chi connectivity index (χ2n) is 9.60. The number of aliphatic hydroxyl groups excluding tert-OH is 1. The molecule has 37 heavy (non-hydrogen) atoms. The van der Waals surface area contributed by atoms with Gasteiger partial charge < -0.3 is 33.7 Å². The SMILES string of the molecule is [B]C(=O)N(C)c1cc2c(c(OCOC)c1)C(=O)O[C@@H](C)[C@H](C)/C=C(/F)[C@@H](O)[C@H]1OC(C)(C)O[C@H]1C/C=C/2. The summed E-state index contributed by atoms with van der Waals surface area (Å²) >= 11 is 0. The lowest BCUT2D eigenvalue weighted by Gasteiger charge is -2.24. The number of anilines is 1. The van der Waals surface area contributed by atoms with Crippen molar-refractivity contribution >= 4 is 31.4 Å². The number of aliphatic hydroxyl groups is 1. The van der Waals surface area contributed by atoms with Crippen molar-refractivity contribution in [2.75, 3.05) is 25.9 Å². The quantitative estimate of drug-likeness (QED) is 0.366. The molecule has 11 heteroatoms. The second-order valence-corrected chi connectivity index (χ2v) is 9.60. The summed E-state index contributed by atoms with van der Waals surface area (Å²) in [5, 5.41) is 10.7. The average Bonchev–Trinajstić information content (AvgIpc) is 3.14. The molecular formula is C26H33BFNO8. The lowest BCUT2D eigenvalue weighted by Crippen LogP contribution is -2.36. The predicted molar refractivity (Wildman–Crippen MR) is 135 cm³/mol. The molecule has 2 aliphatic heterocycles. The molecule has 0 unspecified atom stereocenters. The van der Waals surface area contributed by atoms with Crippen molar-refractivity contribution in [1.29, 1.82) is 0 Å². The van der Waals surface area contributed by atoms with Crippen LogP contribution in [0.2, 0.25) is 0 Å². The van der Waals surface area contributed by atoms with E-state index in [2.05, 4.69) is 0 Å². The molecule has 3 rings (SSSR count). The third-order valence-electron chi connectivity index (χ3n) is 6.31. The molecule has 0 bridgehead atoms. The van der Waals surface area contributed by atoms with E-state index in [-0.39, 0.29) is 24.5 Å². The molecule has 5 atom stereocenters. The number of ether oxygens (including phenoxy) is 5. The van der Waals surface area contributed by atoms with E-state index in [9.17, 15) is 14.7 Å². The van der Waals surface area contributed by atoms with Crippen molar-refractivity contribution in [1.82, 2.24) is 0 Å². The number of carbonyl (C=O) groups excluding carboxylic acids is 2. The van der Waals surface area contributed by atoms with E-state index in [1.54, 1.807) is 45.9 Å². The number of hydrogen-bond acceptors (Lipinski definition) is 8. The summed E-state index contributed by atoms with van der Waals surface area (Å²) in [6.45, 7) is 6.48. The number of methoxy groups -OCH3 is 1. The molecule has 1 fully saturated rings. The normalized spacial score (nSPS) is 30.1. The highest BCUT2D eigenvalue weighted by molar-refractivity contribution is 6.60. The van der Waals surface area contributed by atoms with Crippen LogP contribution < -0.4 is 9.64 Å². The van der Waals surface area contributed by atoms with Crippen LogP contribution >= 0.6 is 0 Å². The number of carbonyl (C=O) groups is 2. The van der Waals surface area contributed by atoms with Crippen LogP contribution in [-0.2, 0) is 18.9 Å². The number of esters is 1. The molecule has 9 nitrogen and oxygen atoms in total. The Morgan fingerprint density at radius 2 is 2.00 bits per heavy atom. The molecule has 1 N–H and O–H groups in total. The fourth-order valence-corrected chi connectivity index (χ4v) is 4.15. The minimum atomic E-state index is -1.56. The zero-order chi connectivity index (χ0) is 27.5. The third kappa shape index (κ3) is 6.78. The lowest BCUT2D eigenvalue weighted by molar-refractivity contribution is -0.153. The first kappa shape index (κ1) is 28.8. The van der Waals surface area contributed by atoms with Crippen LogP contribution in [0.4, 0.5) is 14.9 Å². The summed E-state index contributed by atoms with van der Waals surface area (Å²) in [4.78, 5) is 26.4. The van der Waals surface area contributed by atoms with E-state index in [1.807, 2.05) is 0 Å². The molecule has 1 saturated heterocycles. The van der Waals surface area contributed by atoms with Gasteiger partial charge in [-0.15, -0.1) is 0 Å². The van der Waals surface area contributed by atoms with Crippen LogP contribution in [0.5, 0.6) is 5.75 Å². The maximum atomic E-state index is 15.0. The molecule has 0 spiro atoms. The number of fused-ring (bicyclic) bond motifs is 2. The molecule has 0 saturated carbocycles. The Hall–Kier alpha value is -2.73. The minimum absolute atomic E-state index is 0.0935. The topological polar surface area (TPSA) is 104 Å². The molecule has 1 amide bonds. The smallest absolute Gasteiger partial charge is 0.342 e. The largest absolute Gasteiger partial charge is 0.467 e. The number of rotatable bonds is 4. The van der Waals surface area contributed by atoms with Gasteiger partial charge in [0.15, 0.2) is 18.4 Å². The summed E-state index contributed by atoms with van der Waals surface area (Å²) in [7, 11) is 8.37. The maximum Gasteiger partial charge on any atom is 0.342 e.